The Morgan fingerprint density at radius 1 is 1.33 bits per heavy atom. The second kappa shape index (κ2) is 4.97. The molecule has 3 nitrogen and oxygen atoms in total. The third-order valence-electron chi connectivity index (χ3n) is 2.06. The Hall–Kier alpha value is -2.08. The zero-order valence-electron chi connectivity index (χ0n) is 8.23. The summed E-state index contributed by atoms with van der Waals surface area (Å²) in [5.41, 5.74) is 2.25. The molecule has 0 saturated carbocycles. The predicted octanol–water partition coefficient (Wildman–Crippen LogP) is 2.44. The van der Waals surface area contributed by atoms with Crippen molar-refractivity contribution in [3.63, 3.8) is 0 Å². The average Bonchev–Trinajstić information content (AvgIpc) is 2.26. The first-order valence-corrected chi connectivity index (χ1v) is 4.53. The van der Waals surface area contributed by atoms with Crippen LogP contribution in [-0.2, 0) is 4.79 Å². The van der Waals surface area contributed by atoms with Crippen LogP contribution in [0.2, 0.25) is 0 Å². The van der Waals surface area contributed by atoms with Gasteiger partial charge in [0.05, 0.1) is 11.6 Å². The summed E-state index contributed by atoms with van der Waals surface area (Å²) in [6.45, 7) is 3.81. The Kier molecular flexibility index (Phi) is 3.64. The fourth-order valence-corrected chi connectivity index (χ4v) is 1.18. The molecule has 0 saturated heterocycles. The van der Waals surface area contributed by atoms with Gasteiger partial charge in [-0.25, -0.2) is 0 Å². The van der Waals surface area contributed by atoms with Gasteiger partial charge in [0.1, 0.15) is 0 Å². The predicted molar refractivity (Wildman–Crippen MR) is 57.1 cm³/mol. The number of aliphatic carboxylic acids is 1. The second-order valence-corrected chi connectivity index (χ2v) is 3.19. The van der Waals surface area contributed by atoms with E-state index in [4.69, 9.17) is 10.4 Å². The molecule has 0 heterocycles. The van der Waals surface area contributed by atoms with E-state index in [0.717, 1.165) is 11.1 Å². The minimum atomic E-state index is -0.829. The van der Waals surface area contributed by atoms with Crippen LogP contribution in [0.1, 0.15) is 24.0 Å². The van der Waals surface area contributed by atoms with Gasteiger partial charge in [-0.2, -0.15) is 5.26 Å². The Labute approximate surface area is 88.3 Å². The first-order valence-electron chi connectivity index (χ1n) is 4.53. The molecule has 0 bridgehead atoms. The van der Waals surface area contributed by atoms with Crippen LogP contribution in [0.3, 0.4) is 0 Å². The molecule has 1 aromatic rings. The smallest absolute Gasteiger partial charge is 0.303 e. The van der Waals surface area contributed by atoms with Crippen molar-refractivity contribution in [2.75, 3.05) is 0 Å². The lowest BCUT2D eigenvalue weighted by Crippen LogP contribution is -1.94. The maximum absolute atomic E-state index is 10.4. The molecule has 0 unspecified atom stereocenters. The van der Waals surface area contributed by atoms with E-state index < -0.39 is 5.97 Å². The van der Waals surface area contributed by atoms with E-state index in [0.29, 0.717) is 12.0 Å². The highest BCUT2D eigenvalue weighted by atomic mass is 16.4. The fourth-order valence-electron chi connectivity index (χ4n) is 1.18. The Bertz CT molecular complexity index is 412. The summed E-state index contributed by atoms with van der Waals surface area (Å²) in [6.07, 6.45) is 0.514. The minimum absolute atomic E-state index is 0.0822. The number of carboxylic acid groups (broad SMARTS) is 1. The summed E-state index contributed by atoms with van der Waals surface area (Å²) >= 11 is 0. The molecule has 0 amide bonds. The number of nitriles is 1. The summed E-state index contributed by atoms with van der Waals surface area (Å²) < 4.78 is 0. The number of carbonyl (C=O) groups is 1. The van der Waals surface area contributed by atoms with E-state index in [9.17, 15) is 4.79 Å². The molecule has 1 N–H and O–H groups in total. The van der Waals surface area contributed by atoms with Crippen LogP contribution in [0.25, 0.3) is 5.57 Å². The number of nitrogens with zero attached hydrogens (tertiary/aromatic N) is 1. The molecule has 0 fully saturated rings. The summed E-state index contributed by atoms with van der Waals surface area (Å²) in [5, 5.41) is 17.1. The van der Waals surface area contributed by atoms with Crippen LogP contribution in [0, 0.1) is 11.3 Å². The van der Waals surface area contributed by atoms with Crippen LogP contribution in [0.5, 0.6) is 0 Å². The zero-order chi connectivity index (χ0) is 11.3. The van der Waals surface area contributed by atoms with Crippen molar-refractivity contribution in [2.24, 2.45) is 0 Å². The number of benzene rings is 1. The molecule has 3 heteroatoms. The molecule has 0 spiro atoms. The zero-order valence-corrected chi connectivity index (χ0v) is 8.23. The van der Waals surface area contributed by atoms with Crippen molar-refractivity contribution in [3.8, 4) is 6.07 Å². The lowest BCUT2D eigenvalue weighted by atomic mass is 10.0. The molecule has 0 radical (unpaired) electrons. The van der Waals surface area contributed by atoms with Gasteiger partial charge in [-0.1, -0.05) is 18.7 Å². The van der Waals surface area contributed by atoms with Crippen molar-refractivity contribution in [1.82, 2.24) is 0 Å². The molecule has 1 aromatic carbocycles. The highest BCUT2D eigenvalue weighted by Gasteiger charge is 2.02. The number of allylic oxidation sites excluding steroid dienone is 1. The van der Waals surface area contributed by atoms with E-state index in [1.54, 1.807) is 24.3 Å². The van der Waals surface area contributed by atoms with Crippen molar-refractivity contribution in [1.29, 1.82) is 5.26 Å². The van der Waals surface area contributed by atoms with Crippen molar-refractivity contribution >= 4 is 11.5 Å². The SMILES string of the molecule is C=C(CCC(=O)O)c1ccc(C#N)cc1. The molecular weight excluding hydrogens is 190 g/mol. The maximum atomic E-state index is 10.4. The molecule has 0 aliphatic carbocycles. The van der Waals surface area contributed by atoms with E-state index in [-0.39, 0.29) is 6.42 Å². The van der Waals surface area contributed by atoms with E-state index in [2.05, 4.69) is 6.58 Å². The van der Waals surface area contributed by atoms with Crippen molar-refractivity contribution in [3.05, 3.63) is 42.0 Å². The maximum Gasteiger partial charge on any atom is 0.303 e. The fraction of sp³-hybridized carbons (Fsp3) is 0.167. The highest BCUT2D eigenvalue weighted by molar-refractivity contribution is 5.72. The van der Waals surface area contributed by atoms with E-state index in [1.165, 1.54) is 0 Å². The summed E-state index contributed by atoms with van der Waals surface area (Å²) in [5.74, 6) is -0.829. The molecular formula is C12H11NO2. The van der Waals surface area contributed by atoms with Crippen LogP contribution in [-0.4, -0.2) is 11.1 Å². The molecule has 15 heavy (non-hydrogen) atoms. The van der Waals surface area contributed by atoms with Gasteiger partial charge >= 0.3 is 5.97 Å². The third kappa shape index (κ3) is 3.28. The monoisotopic (exact) mass is 201 g/mol. The number of hydrogen-bond donors (Lipinski definition) is 1. The standard InChI is InChI=1S/C12H11NO2/c1-9(2-7-12(14)15)11-5-3-10(8-13)4-6-11/h3-6H,1-2,7H2,(H,14,15). The summed E-state index contributed by atoms with van der Waals surface area (Å²) in [4.78, 5) is 10.4. The molecule has 76 valence electrons. The summed E-state index contributed by atoms with van der Waals surface area (Å²) in [6, 6.07) is 8.97. The van der Waals surface area contributed by atoms with Crippen LogP contribution in [0.4, 0.5) is 0 Å². The van der Waals surface area contributed by atoms with Gasteiger partial charge in [0.25, 0.3) is 0 Å². The van der Waals surface area contributed by atoms with E-state index in [1.807, 2.05) is 6.07 Å². The first-order chi connectivity index (χ1) is 7.13. The van der Waals surface area contributed by atoms with Crippen molar-refractivity contribution in [2.45, 2.75) is 12.8 Å². The van der Waals surface area contributed by atoms with Gasteiger partial charge in [-0.05, 0) is 29.7 Å². The highest BCUT2D eigenvalue weighted by Crippen LogP contribution is 2.18. The van der Waals surface area contributed by atoms with Gasteiger partial charge < -0.3 is 5.11 Å². The average molecular weight is 201 g/mol. The first kappa shape index (κ1) is 11.0. The second-order valence-electron chi connectivity index (χ2n) is 3.19. The van der Waals surface area contributed by atoms with Crippen LogP contribution in [0.15, 0.2) is 30.8 Å². The topological polar surface area (TPSA) is 61.1 Å². The summed E-state index contributed by atoms with van der Waals surface area (Å²) in [7, 11) is 0. The minimum Gasteiger partial charge on any atom is -0.481 e. The van der Waals surface area contributed by atoms with Crippen LogP contribution < -0.4 is 0 Å². The largest absolute Gasteiger partial charge is 0.481 e. The van der Waals surface area contributed by atoms with Gasteiger partial charge in [0.2, 0.25) is 0 Å². The number of hydrogen-bond acceptors (Lipinski definition) is 2. The van der Waals surface area contributed by atoms with E-state index >= 15 is 0 Å². The van der Waals surface area contributed by atoms with Gasteiger partial charge in [0.15, 0.2) is 0 Å². The van der Waals surface area contributed by atoms with Gasteiger partial charge in [0, 0.05) is 6.42 Å². The number of carboxylic acids is 1. The lowest BCUT2D eigenvalue weighted by Gasteiger charge is -2.03. The van der Waals surface area contributed by atoms with Crippen molar-refractivity contribution < 1.29 is 9.90 Å². The number of rotatable bonds is 4. The lowest BCUT2D eigenvalue weighted by molar-refractivity contribution is -0.136. The Balaban J connectivity index is 2.67. The molecule has 0 atom stereocenters. The molecule has 0 aliphatic heterocycles. The Morgan fingerprint density at radius 3 is 2.40 bits per heavy atom. The van der Waals surface area contributed by atoms with Gasteiger partial charge in [-0.3, -0.25) is 4.79 Å². The normalized spacial score (nSPS) is 9.27. The molecule has 1 rings (SSSR count). The Morgan fingerprint density at radius 2 is 1.93 bits per heavy atom. The molecule has 0 aromatic heterocycles. The third-order valence-corrected chi connectivity index (χ3v) is 2.06. The molecule has 0 aliphatic rings. The van der Waals surface area contributed by atoms with Crippen LogP contribution >= 0.6 is 0 Å². The quantitative estimate of drug-likeness (QED) is 0.813. The van der Waals surface area contributed by atoms with Gasteiger partial charge in [-0.15, -0.1) is 0 Å².